The molecule has 0 aromatic heterocycles. The monoisotopic (exact) mass is 155 g/mol. The average molecular weight is 155 g/mol. The van der Waals surface area contributed by atoms with Crippen LogP contribution in [0.4, 0.5) is 5.69 Å². The number of benzene rings is 1. The highest BCUT2D eigenvalue weighted by molar-refractivity contribution is 7.80. The van der Waals surface area contributed by atoms with E-state index in [1.54, 1.807) is 12.1 Å². The number of nitrogens with two attached hydrogens (primary N) is 1. The van der Waals surface area contributed by atoms with Crippen molar-refractivity contribution in [1.29, 1.82) is 0 Å². The van der Waals surface area contributed by atoms with Gasteiger partial charge in [-0.3, -0.25) is 0 Å². The van der Waals surface area contributed by atoms with Crippen molar-refractivity contribution >= 4 is 18.3 Å². The number of aliphatic hydroxyl groups is 1. The molecule has 1 aromatic rings. The summed E-state index contributed by atoms with van der Waals surface area (Å²) in [6.07, 6.45) is 0. The highest BCUT2D eigenvalue weighted by Crippen LogP contribution is 2.21. The SMILES string of the molecule is Nc1ccccc1C(O)S. The zero-order valence-electron chi connectivity index (χ0n) is 5.36. The number of nitrogen functional groups attached to an aromatic ring is 1. The maximum absolute atomic E-state index is 8.99. The minimum absolute atomic E-state index is 0.574. The molecule has 0 fully saturated rings. The zero-order valence-corrected chi connectivity index (χ0v) is 6.25. The fourth-order valence-corrected chi connectivity index (χ4v) is 0.981. The van der Waals surface area contributed by atoms with Crippen LogP contribution in [0.15, 0.2) is 24.3 Å². The van der Waals surface area contributed by atoms with Crippen LogP contribution in [0.3, 0.4) is 0 Å². The normalized spacial score (nSPS) is 13.0. The predicted molar refractivity (Wildman–Crippen MR) is 44.8 cm³/mol. The van der Waals surface area contributed by atoms with Crippen molar-refractivity contribution in [2.75, 3.05) is 5.73 Å². The predicted octanol–water partition coefficient (Wildman–Crippen LogP) is 1.19. The summed E-state index contributed by atoms with van der Waals surface area (Å²) in [5.74, 6) is 0. The molecule has 0 saturated heterocycles. The number of hydrogen-bond donors (Lipinski definition) is 3. The van der Waals surface area contributed by atoms with Gasteiger partial charge in [-0.2, -0.15) is 0 Å². The molecule has 1 rings (SSSR count). The second-order valence-electron chi connectivity index (χ2n) is 2.00. The Balaban J connectivity index is 3.03. The van der Waals surface area contributed by atoms with Crippen LogP contribution in [-0.4, -0.2) is 5.11 Å². The lowest BCUT2D eigenvalue weighted by molar-refractivity contribution is 0.273. The van der Waals surface area contributed by atoms with Crippen LogP contribution in [0.5, 0.6) is 0 Å². The number of aliphatic hydroxyl groups excluding tert-OH is 1. The van der Waals surface area contributed by atoms with Gasteiger partial charge in [-0.25, -0.2) is 0 Å². The van der Waals surface area contributed by atoms with Crippen molar-refractivity contribution in [3.63, 3.8) is 0 Å². The van der Waals surface area contributed by atoms with Gasteiger partial charge in [0.2, 0.25) is 0 Å². The van der Waals surface area contributed by atoms with Gasteiger partial charge in [0.1, 0.15) is 5.44 Å². The third-order valence-corrected chi connectivity index (χ3v) is 1.55. The molecule has 0 aliphatic carbocycles. The van der Waals surface area contributed by atoms with Gasteiger partial charge in [-0.1, -0.05) is 18.2 Å². The van der Waals surface area contributed by atoms with E-state index in [1.807, 2.05) is 12.1 Å². The van der Waals surface area contributed by atoms with E-state index in [2.05, 4.69) is 12.6 Å². The van der Waals surface area contributed by atoms with Crippen LogP contribution >= 0.6 is 12.6 Å². The summed E-state index contributed by atoms with van der Waals surface area (Å²) in [7, 11) is 0. The highest BCUT2D eigenvalue weighted by atomic mass is 32.1. The van der Waals surface area contributed by atoms with Gasteiger partial charge in [0.25, 0.3) is 0 Å². The lowest BCUT2D eigenvalue weighted by atomic mass is 10.2. The molecule has 54 valence electrons. The highest BCUT2D eigenvalue weighted by Gasteiger charge is 2.02. The van der Waals surface area contributed by atoms with E-state index in [0.717, 1.165) is 0 Å². The van der Waals surface area contributed by atoms with Crippen molar-refractivity contribution < 1.29 is 5.11 Å². The Bertz CT molecular complexity index is 225. The molecule has 0 bridgehead atoms. The fourth-order valence-electron chi connectivity index (χ4n) is 0.746. The summed E-state index contributed by atoms with van der Waals surface area (Å²) in [6, 6.07) is 7.10. The van der Waals surface area contributed by atoms with Gasteiger partial charge >= 0.3 is 0 Å². The summed E-state index contributed by atoms with van der Waals surface area (Å²) < 4.78 is 0. The molecule has 0 spiro atoms. The van der Waals surface area contributed by atoms with E-state index in [0.29, 0.717) is 11.3 Å². The number of para-hydroxylation sites is 1. The third-order valence-electron chi connectivity index (χ3n) is 1.27. The van der Waals surface area contributed by atoms with Gasteiger partial charge in [-0.15, -0.1) is 12.6 Å². The minimum Gasteiger partial charge on any atom is -0.398 e. The smallest absolute Gasteiger partial charge is 0.124 e. The van der Waals surface area contributed by atoms with Crippen LogP contribution in [0.25, 0.3) is 0 Å². The molecule has 1 atom stereocenters. The third kappa shape index (κ3) is 1.43. The Morgan fingerprint density at radius 1 is 1.40 bits per heavy atom. The Hall–Kier alpha value is -0.670. The van der Waals surface area contributed by atoms with Gasteiger partial charge in [0.15, 0.2) is 0 Å². The first-order valence-electron chi connectivity index (χ1n) is 2.92. The quantitative estimate of drug-likeness (QED) is 0.324. The van der Waals surface area contributed by atoms with Crippen LogP contribution in [0.2, 0.25) is 0 Å². The molecule has 0 amide bonds. The molecule has 1 unspecified atom stereocenters. The van der Waals surface area contributed by atoms with Crippen LogP contribution in [0.1, 0.15) is 11.0 Å². The standard InChI is InChI=1S/C7H9NOS/c8-6-4-2-1-3-5(6)7(9)10/h1-4,7,9-10H,8H2. The van der Waals surface area contributed by atoms with E-state index in [-0.39, 0.29) is 0 Å². The second kappa shape index (κ2) is 2.94. The molecule has 10 heavy (non-hydrogen) atoms. The fraction of sp³-hybridized carbons (Fsp3) is 0.143. The molecule has 0 saturated carbocycles. The van der Waals surface area contributed by atoms with Crippen molar-refractivity contribution in [2.45, 2.75) is 5.44 Å². The number of rotatable bonds is 1. The molecule has 0 aliphatic rings. The average Bonchev–Trinajstić information content (AvgIpc) is 1.88. The topological polar surface area (TPSA) is 46.2 Å². The number of anilines is 1. The maximum atomic E-state index is 8.99. The Morgan fingerprint density at radius 3 is 2.40 bits per heavy atom. The maximum Gasteiger partial charge on any atom is 0.124 e. The van der Waals surface area contributed by atoms with E-state index >= 15 is 0 Å². The summed E-state index contributed by atoms with van der Waals surface area (Å²) in [5.41, 5.74) is 5.97. The zero-order chi connectivity index (χ0) is 7.56. The largest absolute Gasteiger partial charge is 0.398 e. The van der Waals surface area contributed by atoms with Gasteiger partial charge < -0.3 is 10.8 Å². The molecular weight excluding hydrogens is 146 g/mol. The first-order chi connectivity index (χ1) is 4.72. The summed E-state index contributed by atoms with van der Waals surface area (Å²) in [5, 5.41) is 8.99. The van der Waals surface area contributed by atoms with Crippen LogP contribution in [-0.2, 0) is 0 Å². The van der Waals surface area contributed by atoms with Crippen molar-refractivity contribution in [3.05, 3.63) is 29.8 Å². The second-order valence-corrected chi connectivity index (χ2v) is 2.49. The summed E-state index contributed by atoms with van der Waals surface area (Å²) >= 11 is 3.83. The van der Waals surface area contributed by atoms with E-state index in [1.165, 1.54) is 0 Å². The van der Waals surface area contributed by atoms with E-state index in [4.69, 9.17) is 10.8 Å². The van der Waals surface area contributed by atoms with E-state index < -0.39 is 5.44 Å². The van der Waals surface area contributed by atoms with Crippen molar-refractivity contribution in [3.8, 4) is 0 Å². The Kier molecular flexibility index (Phi) is 2.19. The summed E-state index contributed by atoms with van der Waals surface area (Å²) in [4.78, 5) is 0. The number of thiol groups is 1. The minimum atomic E-state index is -0.777. The molecular formula is C7H9NOS. The molecule has 3 N–H and O–H groups in total. The molecule has 3 heteroatoms. The molecule has 1 aromatic carbocycles. The van der Waals surface area contributed by atoms with Crippen LogP contribution < -0.4 is 5.73 Å². The van der Waals surface area contributed by atoms with Crippen molar-refractivity contribution in [1.82, 2.24) is 0 Å². The molecule has 0 radical (unpaired) electrons. The lowest BCUT2D eigenvalue weighted by Gasteiger charge is -2.05. The summed E-state index contributed by atoms with van der Waals surface area (Å²) in [6.45, 7) is 0. The van der Waals surface area contributed by atoms with E-state index in [9.17, 15) is 0 Å². The van der Waals surface area contributed by atoms with Crippen molar-refractivity contribution in [2.24, 2.45) is 0 Å². The first-order valence-corrected chi connectivity index (χ1v) is 3.44. The first kappa shape index (κ1) is 7.44. The Morgan fingerprint density at radius 2 is 2.00 bits per heavy atom. The van der Waals surface area contributed by atoms with Gasteiger partial charge in [0, 0.05) is 11.3 Å². The molecule has 0 heterocycles. The molecule has 0 aliphatic heterocycles. The van der Waals surface area contributed by atoms with Gasteiger partial charge in [-0.05, 0) is 6.07 Å². The molecule has 2 nitrogen and oxygen atoms in total. The lowest BCUT2D eigenvalue weighted by Crippen LogP contribution is -1.95. The van der Waals surface area contributed by atoms with Gasteiger partial charge in [0.05, 0.1) is 0 Å². The number of hydrogen-bond acceptors (Lipinski definition) is 3. The van der Waals surface area contributed by atoms with Crippen LogP contribution in [0, 0.1) is 0 Å². The Labute approximate surface area is 65.1 Å².